The van der Waals surface area contributed by atoms with Crippen LogP contribution in [0, 0.1) is 0 Å². The van der Waals surface area contributed by atoms with Crippen LogP contribution in [0.4, 0.5) is 17.1 Å². The van der Waals surface area contributed by atoms with Gasteiger partial charge >= 0.3 is 0 Å². The van der Waals surface area contributed by atoms with Gasteiger partial charge in [-0.05, 0) is 68.9 Å². The molecule has 244 valence electrons. The molecular weight excluding hydrogens is 631 g/mol. The first-order valence-electron chi connectivity index (χ1n) is 17.8. The Bertz CT molecular complexity index is 2890. The molecule has 52 heavy (non-hydrogen) atoms. The Morgan fingerprint density at radius 3 is 1.75 bits per heavy atom. The minimum absolute atomic E-state index is 0.879. The van der Waals surface area contributed by atoms with Gasteiger partial charge in [0.15, 0.2) is 0 Å². The highest BCUT2D eigenvalue weighted by Crippen LogP contribution is 2.48. The quantitative estimate of drug-likeness (QED) is 0.176. The van der Waals surface area contributed by atoms with Crippen molar-refractivity contribution in [2.45, 2.75) is 0 Å². The van der Waals surface area contributed by atoms with E-state index in [4.69, 9.17) is 4.42 Å². The lowest BCUT2D eigenvalue weighted by molar-refractivity contribution is 0.673. The van der Waals surface area contributed by atoms with E-state index in [0.717, 1.165) is 66.5 Å². The average Bonchev–Trinajstić information content (AvgIpc) is 3.61. The molecule has 0 saturated carbocycles. The molecule has 0 aliphatic rings. The second-order valence-electron chi connectivity index (χ2n) is 13.3. The summed E-state index contributed by atoms with van der Waals surface area (Å²) in [6.45, 7) is 0. The van der Waals surface area contributed by atoms with Crippen molar-refractivity contribution >= 4 is 60.5 Å². The predicted octanol–water partition coefficient (Wildman–Crippen LogP) is 14.4. The van der Waals surface area contributed by atoms with Gasteiger partial charge in [-0.15, -0.1) is 0 Å². The fraction of sp³-hybridized carbons (Fsp3) is 0. The maximum Gasteiger partial charge on any atom is 0.143 e. The summed E-state index contributed by atoms with van der Waals surface area (Å²) in [4.78, 5) is 2.44. The zero-order valence-electron chi connectivity index (χ0n) is 28.4. The highest BCUT2D eigenvalue weighted by atomic mass is 16.3. The van der Waals surface area contributed by atoms with Crippen LogP contribution in [0.15, 0.2) is 205 Å². The van der Waals surface area contributed by atoms with Crippen LogP contribution in [0.25, 0.3) is 76.9 Å². The Morgan fingerprint density at radius 1 is 0.346 bits per heavy atom. The highest BCUT2D eigenvalue weighted by Gasteiger charge is 2.23. The number of hydrogen-bond donors (Lipinski definition) is 0. The van der Waals surface area contributed by atoms with E-state index < -0.39 is 0 Å². The molecule has 0 radical (unpaired) electrons. The number of benzene rings is 9. The molecule has 0 spiro atoms. The van der Waals surface area contributed by atoms with Gasteiger partial charge in [-0.1, -0.05) is 170 Å². The van der Waals surface area contributed by atoms with Gasteiger partial charge in [0.1, 0.15) is 11.2 Å². The largest absolute Gasteiger partial charge is 0.455 e. The van der Waals surface area contributed by atoms with Crippen LogP contribution in [-0.2, 0) is 0 Å². The van der Waals surface area contributed by atoms with Gasteiger partial charge in [-0.3, -0.25) is 0 Å². The van der Waals surface area contributed by atoms with E-state index in [1.807, 2.05) is 0 Å². The summed E-state index contributed by atoms with van der Waals surface area (Å²) < 4.78 is 6.80. The molecule has 0 N–H and O–H groups in total. The topological polar surface area (TPSA) is 16.4 Å². The maximum atomic E-state index is 6.80. The van der Waals surface area contributed by atoms with E-state index >= 15 is 0 Å². The number of nitrogens with zero attached hydrogens (tertiary/aromatic N) is 1. The van der Waals surface area contributed by atoms with E-state index in [1.54, 1.807) is 0 Å². The van der Waals surface area contributed by atoms with E-state index in [0.29, 0.717) is 0 Å². The average molecular weight is 664 g/mol. The Hall–Kier alpha value is -6.90. The Labute approximate surface area is 302 Å². The van der Waals surface area contributed by atoms with Crippen LogP contribution in [0.1, 0.15) is 0 Å². The molecule has 1 aromatic heterocycles. The zero-order chi connectivity index (χ0) is 34.4. The molecule has 0 atom stereocenters. The van der Waals surface area contributed by atoms with E-state index in [1.165, 1.54) is 27.5 Å². The third-order valence-corrected chi connectivity index (χ3v) is 10.2. The van der Waals surface area contributed by atoms with Gasteiger partial charge < -0.3 is 9.32 Å². The second-order valence-corrected chi connectivity index (χ2v) is 13.3. The van der Waals surface area contributed by atoms with Crippen molar-refractivity contribution in [1.82, 2.24) is 0 Å². The number of para-hydroxylation sites is 1. The summed E-state index contributed by atoms with van der Waals surface area (Å²) in [6.07, 6.45) is 0. The molecular formula is C50H33NO. The highest BCUT2D eigenvalue weighted by molar-refractivity contribution is 6.22. The normalized spacial score (nSPS) is 11.5. The lowest BCUT2D eigenvalue weighted by Gasteiger charge is -2.29. The molecule has 0 aliphatic carbocycles. The fourth-order valence-corrected chi connectivity index (χ4v) is 7.78. The standard InChI is InChI=1S/C50H33NO/c1-3-14-34(15-4-1)36-26-28-38(29-27-36)42-23-13-25-48-49(42)45-33-47(43-21-9-10-22-44(43)50(45)52-48)51(40-31-30-35-16-7-8-19-39(35)32-40)46-24-12-11-20-41(46)37-17-5-2-6-18-37/h1-33H. The minimum atomic E-state index is 0.879. The molecule has 10 rings (SSSR count). The predicted molar refractivity (Wildman–Crippen MR) is 220 cm³/mol. The van der Waals surface area contributed by atoms with Crippen LogP contribution in [0.5, 0.6) is 0 Å². The van der Waals surface area contributed by atoms with Crippen LogP contribution < -0.4 is 4.90 Å². The van der Waals surface area contributed by atoms with Gasteiger partial charge in [-0.25, -0.2) is 0 Å². The van der Waals surface area contributed by atoms with Gasteiger partial charge in [0.05, 0.1) is 11.4 Å². The molecule has 2 nitrogen and oxygen atoms in total. The van der Waals surface area contributed by atoms with Crippen molar-refractivity contribution in [2.75, 3.05) is 4.90 Å². The molecule has 10 aromatic rings. The van der Waals surface area contributed by atoms with Crippen LogP contribution in [0.2, 0.25) is 0 Å². The van der Waals surface area contributed by atoms with Gasteiger partial charge in [0.25, 0.3) is 0 Å². The first kappa shape index (κ1) is 30.0. The molecule has 2 heteroatoms. The van der Waals surface area contributed by atoms with E-state index in [2.05, 4.69) is 205 Å². The summed E-state index contributed by atoms with van der Waals surface area (Å²) in [6, 6.07) is 71.6. The van der Waals surface area contributed by atoms with Crippen molar-refractivity contribution in [2.24, 2.45) is 0 Å². The van der Waals surface area contributed by atoms with Gasteiger partial charge in [0.2, 0.25) is 0 Å². The zero-order valence-corrected chi connectivity index (χ0v) is 28.4. The van der Waals surface area contributed by atoms with E-state index in [9.17, 15) is 0 Å². The third kappa shape index (κ3) is 5.04. The molecule has 1 heterocycles. The molecule has 0 unspecified atom stereocenters. The Morgan fingerprint density at radius 2 is 0.942 bits per heavy atom. The number of rotatable bonds is 6. The fourth-order valence-electron chi connectivity index (χ4n) is 7.78. The lowest BCUT2D eigenvalue weighted by atomic mass is 9.95. The van der Waals surface area contributed by atoms with Crippen molar-refractivity contribution in [3.05, 3.63) is 200 Å². The molecule has 0 amide bonds. The number of fused-ring (bicyclic) bond motifs is 6. The van der Waals surface area contributed by atoms with Crippen molar-refractivity contribution in [1.29, 1.82) is 0 Å². The summed E-state index contributed by atoms with van der Waals surface area (Å²) >= 11 is 0. The molecule has 0 aliphatic heterocycles. The van der Waals surface area contributed by atoms with Crippen molar-refractivity contribution in [3.63, 3.8) is 0 Å². The Balaban J connectivity index is 1.26. The van der Waals surface area contributed by atoms with Gasteiger partial charge in [-0.2, -0.15) is 0 Å². The SMILES string of the molecule is c1ccc(-c2ccc(-c3cccc4oc5c6ccccc6c(N(c6ccc7ccccc7c6)c6ccccc6-c6ccccc6)cc5c34)cc2)cc1. The first-order valence-corrected chi connectivity index (χ1v) is 17.8. The van der Waals surface area contributed by atoms with Crippen LogP contribution >= 0.6 is 0 Å². The van der Waals surface area contributed by atoms with Gasteiger partial charge in [0, 0.05) is 32.8 Å². The number of hydrogen-bond acceptors (Lipinski definition) is 2. The Kier molecular flexibility index (Phi) is 7.18. The molecule has 0 fully saturated rings. The molecule has 9 aromatic carbocycles. The summed E-state index contributed by atoms with van der Waals surface area (Å²) in [5.74, 6) is 0. The van der Waals surface area contributed by atoms with Crippen LogP contribution in [-0.4, -0.2) is 0 Å². The van der Waals surface area contributed by atoms with Crippen molar-refractivity contribution in [3.8, 4) is 33.4 Å². The maximum absolute atomic E-state index is 6.80. The summed E-state index contributed by atoms with van der Waals surface area (Å²) in [5, 5.41) is 6.83. The summed E-state index contributed by atoms with van der Waals surface area (Å²) in [5.41, 5.74) is 12.1. The second kappa shape index (κ2) is 12.5. The summed E-state index contributed by atoms with van der Waals surface area (Å²) in [7, 11) is 0. The minimum Gasteiger partial charge on any atom is -0.455 e. The van der Waals surface area contributed by atoms with E-state index in [-0.39, 0.29) is 0 Å². The smallest absolute Gasteiger partial charge is 0.143 e. The number of anilines is 3. The molecule has 0 bridgehead atoms. The monoisotopic (exact) mass is 663 g/mol. The lowest BCUT2D eigenvalue weighted by Crippen LogP contribution is -2.12. The molecule has 0 saturated heterocycles. The number of furan rings is 1. The van der Waals surface area contributed by atoms with Crippen molar-refractivity contribution < 1.29 is 4.42 Å². The third-order valence-electron chi connectivity index (χ3n) is 10.2. The van der Waals surface area contributed by atoms with Crippen LogP contribution in [0.3, 0.4) is 0 Å². The first-order chi connectivity index (χ1) is 25.8.